The molecule has 1 aromatic carbocycles. The molecular weight excluding hydrogens is 273 g/mol. The molecule has 0 aromatic heterocycles. The molecule has 6 heteroatoms. The van der Waals surface area contributed by atoms with Crippen molar-refractivity contribution in [2.45, 2.75) is 13.8 Å². The summed E-state index contributed by atoms with van der Waals surface area (Å²) in [5.41, 5.74) is 0.858. The lowest BCUT2D eigenvalue weighted by Gasteiger charge is -2.14. The van der Waals surface area contributed by atoms with Gasteiger partial charge in [0.15, 0.2) is 0 Å². The number of amides is 1. The quantitative estimate of drug-likeness (QED) is 0.862. The molecule has 96 valence electrons. The monoisotopic (exact) mass is 285 g/mol. The summed E-state index contributed by atoms with van der Waals surface area (Å²) in [6, 6.07) is 5.34. The van der Waals surface area contributed by atoms with E-state index in [1.54, 1.807) is 17.1 Å². The van der Waals surface area contributed by atoms with E-state index in [0.717, 1.165) is 5.69 Å². The summed E-state index contributed by atoms with van der Waals surface area (Å²) in [4.78, 5) is 11.0. The molecule has 1 aliphatic rings. The van der Waals surface area contributed by atoms with Crippen molar-refractivity contribution in [3.63, 3.8) is 0 Å². The van der Waals surface area contributed by atoms with Gasteiger partial charge in [-0.25, -0.2) is 0 Å². The molecule has 0 bridgehead atoms. The Balaban J connectivity index is 2.22. The van der Waals surface area contributed by atoms with Gasteiger partial charge in [-0.3, -0.25) is 9.80 Å². The van der Waals surface area contributed by atoms with Gasteiger partial charge in [-0.15, -0.1) is 0 Å². The molecule has 0 fully saturated rings. The molecule has 0 unspecified atom stereocenters. The second-order valence-electron chi connectivity index (χ2n) is 4.25. The average molecular weight is 286 g/mol. The van der Waals surface area contributed by atoms with Crippen molar-refractivity contribution in [1.82, 2.24) is 5.32 Å². The molecule has 1 aromatic rings. The molecule has 0 aliphatic carbocycles. The molecule has 0 spiro atoms. The van der Waals surface area contributed by atoms with Crippen LogP contribution in [0.15, 0.2) is 23.3 Å². The number of anilines is 1. The maximum absolute atomic E-state index is 11.0. The van der Waals surface area contributed by atoms with Crippen LogP contribution in [0.1, 0.15) is 13.8 Å². The second kappa shape index (κ2) is 5.16. The van der Waals surface area contributed by atoms with E-state index in [1.807, 2.05) is 13.0 Å². The molecule has 4 nitrogen and oxygen atoms in total. The summed E-state index contributed by atoms with van der Waals surface area (Å²) in [6.45, 7) is 4.18. The van der Waals surface area contributed by atoms with Crippen LogP contribution in [0.5, 0.6) is 0 Å². The van der Waals surface area contributed by atoms with Gasteiger partial charge in [0.05, 0.1) is 22.3 Å². The van der Waals surface area contributed by atoms with Crippen molar-refractivity contribution in [3.05, 3.63) is 28.2 Å². The normalized spacial score (nSPS) is 18.8. The Morgan fingerprint density at radius 2 is 2.17 bits per heavy atom. The number of nitrogens with zero attached hydrogens (tertiary/aromatic N) is 2. The zero-order valence-electron chi connectivity index (χ0n) is 10.1. The van der Waals surface area contributed by atoms with Crippen molar-refractivity contribution in [2.75, 3.05) is 11.6 Å². The Hall–Kier alpha value is -1.26. The number of hydrogen-bond acceptors (Lipinski definition) is 3. The van der Waals surface area contributed by atoms with E-state index in [4.69, 9.17) is 23.2 Å². The number of rotatable bonds is 1. The van der Waals surface area contributed by atoms with Crippen LogP contribution in [0.3, 0.4) is 0 Å². The van der Waals surface area contributed by atoms with E-state index in [0.29, 0.717) is 22.4 Å². The number of halogens is 2. The van der Waals surface area contributed by atoms with Gasteiger partial charge in [-0.1, -0.05) is 30.1 Å². The molecule has 1 amide bonds. The van der Waals surface area contributed by atoms with Crippen LogP contribution in [-0.4, -0.2) is 18.3 Å². The fraction of sp³-hybridized carbons (Fsp3) is 0.333. The summed E-state index contributed by atoms with van der Waals surface area (Å²) < 4.78 is 0. The molecule has 18 heavy (non-hydrogen) atoms. The van der Waals surface area contributed by atoms with Crippen LogP contribution in [-0.2, 0) is 4.79 Å². The highest BCUT2D eigenvalue weighted by atomic mass is 35.5. The van der Waals surface area contributed by atoms with Crippen molar-refractivity contribution in [1.29, 1.82) is 0 Å². The number of hydrogen-bond donors (Lipinski definition) is 1. The molecule has 1 atom stereocenters. The van der Waals surface area contributed by atoms with Crippen LogP contribution in [0, 0.1) is 5.92 Å². The van der Waals surface area contributed by atoms with Crippen LogP contribution >= 0.6 is 23.2 Å². The topological polar surface area (TPSA) is 44.7 Å². The summed E-state index contributed by atoms with van der Waals surface area (Å²) in [6.07, 6.45) is 0. The highest BCUT2D eigenvalue weighted by Crippen LogP contribution is 2.29. The molecule has 2 rings (SSSR count). The number of nitrogens with one attached hydrogen (secondary N) is 1. The van der Waals surface area contributed by atoms with Gasteiger partial charge in [0.25, 0.3) is 0 Å². The first kappa shape index (κ1) is 13.2. The number of carbonyl (C=O) groups is 1. The molecule has 0 radical (unpaired) electrons. The molecule has 1 aliphatic heterocycles. The van der Waals surface area contributed by atoms with E-state index in [-0.39, 0.29) is 11.8 Å². The van der Waals surface area contributed by atoms with Gasteiger partial charge in [0.2, 0.25) is 5.91 Å². The lowest BCUT2D eigenvalue weighted by Crippen LogP contribution is -2.31. The van der Waals surface area contributed by atoms with Gasteiger partial charge in [0, 0.05) is 12.8 Å². The maximum atomic E-state index is 11.0. The first-order chi connectivity index (χ1) is 8.47. The first-order valence-corrected chi connectivity index (χ1v) is 6.31. The van der Waals surface area contributed by atoms with Gasteiger partial charge >= 0.3 is 0 Å². The summed E-state index contributed by atoms with van der Waals surface area (Å²) in [5.74, 6) is 0.730. The summed E-state index contributed by atoms with van der Waals surface area (Å²) >= 11 is 11.8. The van der Waals surface area contributed by atoms with Gasteiger partial charge < -0.3 is 5.32 Å². The fourth-order valence-corrected chi connectivity index (χ4v) is 2.04. The molecule has 0 saturated carbocycles. The van der Waals surface area contributed by atoms with E-state index in [2.05, 4.69) is 10.4 Å². The summed E-state index contributed by atoms with van der Waals surface area (Å²) in [5, 5.41) is 9.90. The zero-order chi connectivity index (χ0) is 13.3. The van der Waals surface area contributed by atoms with Crippen LogP contribution < -0.4 is 10.3 Å². The van der Waals surface area contributed by atoms with E-state index >= 15 is 0 Å². The largest absolute Gasteiger partial charge is 0.313 e. The zero-order valence-corrected chi connectivity index (χ0v) is 11.6. The van der Waals surface area contributed by atoms with Crippen LogP contribution in [0.4, 0.5) is 5.69 Å². The standard InChI is InChI=1S/C12H13Cl2N3O/c1-7-6-17(16-12(7)15-8(2)18)9-3-4-10(13)11(14)5-9/h3-5,7H,6H2,1-2H3,(H,15,16,18)/t7-/m0/s1. The maximum Gasteiger partial charge on any atom is 0.222 e. The Morgan fingerprint density at radius 3 is 2.78 bits per heavy atom. The molecule has 1 N–H and O–H groups in total. The fourth-order valence-electron chi connectivity index (χ4n) is 1.75. The Morgan fingerprint density at radius 1 is 1.44 bits per heavy atom. The minimum atomic E-state index is -0.114. The van der Waals surface area contributed by atoms with E-state index in [9.17, 15) is 4.79 Å². The Labute approximate surface area is 116 Å². The van der Waals surface area contributed by atoms with Gasteiger partial charge in [-0.2, -0.15) is 5.10 Å². The Bertz CT molecular complexity index is 516. The van der Waals surface area contributed by atoms with Crippen LogP contribution in [0.25, 0.3) is 0 Å². The number of amidine groups is 1. The van der Waals surface area contributed by atoms with Crippen molar-refractivity contribution < 1.29 is 4.79 Å². The number of carbonyl (C=O) groups excluding carboxylic acids is 1. The third kappa shape index (κ3) is 2.76. The minimum Gasteiger partial charge on any atom is -0.313 e. The predicted molar refractivity (Wildman–Crippen MR) is 74.2 cm³/mol. The van der Waals surface area contributed by atoms with Gasteiger partial charge in [-0.05, 0) is 18.2 Å². The smallest absolute Gasteiger partial charge is 0.222 e. The first-order valence-electron chi connectivity index (χ1n) is 5.56. The lowest BCUT2D eigenvalue weighted by molar-refractivity contribution is -0.117. The summed E-state index contributed by atoms with van der Waals surface area (Å²) in [7, 11) is 0. The highest BCUT2D eigenvalue weighted by Gasteiger charge is 2.24. The number of hydrazone groups is 1. The van der Waals surface area contributed by atoms with Crippen LogP contribution in [0.2, 0.25) is 10.0 Å². The second-order valence-corrected chi connectivity index (χ2v) is 5.06. The number of benzene rings is 1. The van der Waals surface area contributed by atoms with Crippen molar-refractivity contribution >= 4 is 40.6 Å². The third-order valence-electron chi connectivity index (χ3n) is 2.65. The highest BCUT2D eigenvalue weighted by molar-refractivity contribution is 6.42. The predicted octanol–water partition coefficient (Wildman–Crippen LogP) is 2.90. The van der Waals surface area contributed by atoms with E-state index in [1.165, 1.54) is 6.92 Å². The molecular formula is C12H13Cl2N3O. The van der Waals surface area contributed by atoms with Gasteiger partial charge in [0.1, 0.15) is 5.84 Å². The third-order valence-corrected chi connectivity index (χ3v) is 3.39. The van der Waals surface area contributed by atoms with Crippen molar-refractivity contribution in [3.8, 4) is 0 Å². The molecule has 0 saturated heterocycles. The van der Waals surface area contributed by atoms with Crippen molar-refractivity contribution in [2.24, 2.45) is 11.0 Å². The molecule has 1 heterocycles. The lowest BCUT2D eigenvalue weighted by atomic mass is 10.1. The average Bonchev–Trinajstić information content (AvgIpc) is 2.63. The Kier molecular flexibility index (Phi) is 3.78. The minimum absolute atomic E-state index is 0.114. The van der Waals surface area contributed by atoms with E-state index < -0.39 is 0 Å². The SMILES string of the molecule is CC(=O)NC1=NN(c2ccc(Cl)c(Cl)c2)C[C@@H]1C.